The van der Waals surface area contributed by atoms with Crippen molar-refractivity contribution in [2.45, 2.75) is 20.4 Å². The third-order valence-electron chi connectivity index (χ3n) is 2.60. The molecule has 0 unspecified atom stereocenters. The Bertz CT molecular complexity index is 537. The van der Waals surface area contributed by atoms with Crippen LogP contribution in [0.2, 0.25) is 0 Å². The van der Waals surface area contributed by atoms with Gasteiger partial charge in [-0.1, -0.05) is 13.0 Å². The molecular weight excluding hydrogens is 244 g/mol. The van der Waals surface area contributed by atoms with Crippen LogP contribution < -0.4 is 14.8 Å². The number of nitrogens with one attached hydrogen (secondary N) is 1. The number of ether oxygens (including phenoxy) is 2. The van der Waals surface area contributed by atoms with Gasteiger partial charge in [-0.25, -0.2) is 0 Å². The fourth-order valence-corrected chi connectivity index (χ4v) is 1.62. The van der Waals surface area contributed by atoms with Crippen LogP contribution in [-0.4, -0.2) is 18.6 Å². The normalized spacial score (nSPS) is 10.5. The minimum Gasteiger partial charge on any atom is -0.493 e. The minimum absolute atomic E-state index is 0.218. The van der Waals surface area contributed by atoms with Gasteiger partial charge < -0.3 is 19.2 Å². The second-order valence-electron chi connectivity index (χ2n) is 4.14. The molecule has 0 saturated heterocycles. The minimum atomic E-state index is 0.218. The van der Waals surface area contributed by atoms with E-state index in [1.807, 2.05) is 32.0 Å². The Balaban J connectivity index is 2.10. The van der Waals surface area contributed by atoms with E-state index < -0.39 is 0 Å². The molecule has 1 N–H and O–H groups in total. The lowest BCUT2D eigenvalue weighted by molar-refractivity contribution is 0.310. The van der Waals surface area contributed by atoms with Crippen LogP contribution in [0.3, 0.4) is 0 Å². The Labute approximate surface area is 112 Å². The van der Waals surface area contributed by atoms with Gasteiger partial charge in [0.1, 0.15) is 6.26 Å². The average Bonchev–Trinajstić information content (AvgIpc) is 2.86. The third-order valence-corrected chi connectivity index (χ3v) is 2.60. The van der Waals surface area contributed by atoms with E-state index in [4.69, 9.17) is 13.9 Å². The van der Waals surface area contributed by atoms with Gasteiger partial charge in [0.2, 0.25) is 0 Å². The summed E-state index contributed by atoms with van der Waals surface area (Å²) in [4.78, 5) is 4.23. The molecule has 2 aromatic rings. The number of oxazole rings is 1. The predicted octanol–water partition coefficient (Wildman–Crippen LogP) is 2.89. The zero-order valence-corrected chi connectivity index (χ0v) is 11.4. The highest BCUT2D eigenvalue weighted by Gasteiger charge is 2.10. The number of rotatable bonds is 6. The zero-order chi connectivity index (χ0) is 13.7. The van der Waals surface area contributed by atoms with Crippen LogP contribution in [0.4, 0.5) is 0 Å². The zero-order valence-electron chi connectivity index (χ0n) is 11.4. The Kier molecular flexibility index (Phi) is 4.41. The molecule has 1 aromatic carbocycles. The molecule has 19 heavy (non-hydrogen) atoms. The van der Waals surface area contributed by atoms with Crippen molar-refractivity contribution < 1.29 is 13.9 Å². The highest BCUT2D eigenvalue weighted by molar-refractivity contribution is 5.43. The van der Waals surface area contributed by atoms with Gasteiger partial charge in [-0.2, -0.15) is 4.98 Å². The summed E-state index contributed by atoms with van der Waals surface area (Å²) < 4.78 is 16.1. The van der Waals surface area contributed by atoms with Crippen LogP contribution >= 0.6 is 0 Å². The van der Waals surface area contributed by atoms with Crippen LogP contribution in [0.1, 0.15) is 18.2 Å². The van der Waals surface area contributed by atoms with Gasteiger partial charge in [0, 0.05) is 6.54 Å². The van der Waals surface area contributed by atoms with Gasteiger partial charge >= 0.3 is 6.08 Å². The highest BCUT2D eigenvalue weighted by Crippen LogP contribution is 2.31. The highest BCUT2D eigenvalue weighted by atomic mass is 16.6. The number of nitrogens with zero attached hydrogens (tertiary/aromatic N) is 1. The molecule has 102 valence electrons. The second kappa shape index (κ2) is 6.24. The van der Waals surface area contributed by atoms with Crippen LogP contribution in [0.15, 0.2) is 28.9 Å². The lowest BCUT2D eigenvalue weighted by atomic mass is 10.2. The molecule has 0 saturated carbocycles. The first-order valence-corrected chi connectivity index (χ1v) is 6.20. The molecule has 0 fully saturated rings. The Morgan fingerprint density at radius 2 is 2.16 bits per heavy atom. The van der Waals surface area contributed by atoms with Crippen molar-refractivity contribution in [2.24, 2.45) is 0 Å². The SMILES string of the molecule is CCNCc1coc(Oc2ccc(C)cc2OC)n1. The van der Waals surface area contributed by atoms with E-state index in [1.165, 1.54) is 0 Å². The van der Waals surface area contributed by atoms with E-state index in [0.29, 0.717) is 18.0 Å². The number of hydrogen-bond acceptors (Lipinski definition) is 5. The summed E-state index contributed by atoms with van der Waals surface area (Å²) in [5.74, 6) is 1.25. The van der Waals surface area contributed by atoms with Crippen molar-refractivity contribution in [3.05, 3.63) is 35.7 Å². The summed E-state index contributed by atoms with van der Waals surface area (Å²) in [6, 6.07) is 5.68. The fraction of sp³-hybridized carbons (Fsp3) is 0.357. The molecule has 0 atom stereocenters. The summed E-state index contributed by atoms with van der Waals surface area (Å²) in [7, 11) is 1.60. The van der Waals surface area contributed by atoms with Crippen molar-refractivity contribution in [3.8, 4) is 17.6 Å². The number of methoxy groups -OCH3 is 1. The number of aryl methyl sites for hydroxylation is 1. The van der Waals surface area contributed by atoms with Gasteiger partial charge in [0.15, 0.2) is 11.5 Å². The summed E-state index contributed by atoms with van der Waals surface area (Å²) in [5.41, 5.74) is 1.91. The van der Waals surface area contributed by atoms with Gasteiger partial charge in [-0.3, -0.25) is 0 Å². The molecule has 0 aliphatic heterocycles. The van der Waals surface area contributed by atoms with E-state index in [-0.39, 0.29) is 6.08 Å². The maximum absolute atomic E-state index is 5.59. The molecule has 1 heterocycles. The van der Waals surface area contributed by atoms with Gasteiger partial charge in [-0.15, -0.1) is 0 Å². The summed E-state index contributed by atoms with van der Waals surface area (Å²) >= 11 is 0. The second-order valence-corrected chi connectivity index (χ2v) is 4.14. The van der Waals surface area contributed by atoms with Crippen molar-refractivity contribution >= 4 is 0 Å². The standard InChI is InChI=1S/C14H18N2O3/c1-4-15-8-11-9-18-14(16-11)19-12-6-5-10(2)7-13(12)17-3/h5-7,9,15H,4,8H2,1-3H3. The first-order valence-electron chi connectivity index (χ1n) is 6.20. The van der Waals surface area contributed by atoms with Crippen molar-refractivity contribution in [3.63, 3.8) is 0 Å². The Morgan fingerprint density at radius 3 is 2.89 bits per heavy atom. The maximum atomic E-state index is 5.59. The molecule has 5 nitrogen and oxygen atoms in total. The van der Waals surface area contributed by atoms with Gasteiger partial charge in [0.05, 0.1) is 12.8 Å². The molecule has 0 spiro atoms. The molecule has 2 rings (SSSR count). The molecule has 0 bridgehead atoms. The lowest BCUT2D eigenvalue weighted by Gasteiger charge is -2.07. The quantitative estimate of drug-likeness (QED) is 0.867. The van der Waals surface area contributed by atoms with Gasteiger partial charge in [-0.05, 0) is 31.2 Å². The molecule has 0 aliphatic carbocycles. The summed E-state index contributed by atoms with van der Waals surface area (Å²) in [5, 5.41) is 3.17. The van der Waals surface area contributed by atoms with Crippen molar-refractivity contribution in [2.75, 3.05) is 13.7 Å². The van der Waals surface area contributed by atoms with Crippen molar-refractivity contribution in [1.29, 1.82) is 0 Å². The topological polar surface area (TPSA) is 56.5 Å². The van der Waals surface area contributed by atoms with E-state index in [0.717, 1.165) is 17.8 Å². The first kappa shape index (κ1) is 13.4. The smallest absolute Gasteiger partial charge is 0.399 e. The van der Waals surface area contributed by atoms with E-state index in [2.05, 4.69) is 10.3 Å². The Morgan fingerprint density at radius 1 is 1.32 bits per heavy atom. The Hall–Kier alpha value is -2.01. The van der Waals surface area contributed by atoms with Crippen molar-refractivity contribution in [1.82, 2.24) is 10.3 Å². The summed E-state index contributed by atoms with van der Waals surface area (Å²) in [6.45, 7) is 5.57. The number of hydrogen-bond donors (Lipinski definition) is 1. The van der Waals surface area contributed by atoms with Crippen LogP contribution in [-0.2, 0) is 6.54 Å². The van der Waals surface area contributed by atoms with Crippen LogP contribution in [0, 0.1) is 6.92 Å². The summed E-state index contributed by atoms with van der Waals surface area (Å²) in [6.07, 6.45) is 1.80. The fourth-order valence-electron chi connectivity index (χ4n) is 1.62. The van der Waals surface area contributed by atoms with E-state index in [9.17, 15) is 0 Å². The monoisotopic (exact) mass is 262 g/mol. The molecule has 0 radical (unpaired) electrons. The number of aromatic nitrogens is 1. The van der Waals surface area contributed by atoms with Gasteiger partial charge in [0.25, 0.3) is 0 Å². The molecule has 5 heteroatoms. The van der Waals surface area contributed by atoms with E-state index in [1.54, 1.807) is 13.4 Å². The maximum Gasteiger partial charge on any atom is 0.399 e. The van der Waals surface area contributed by atoms with Crippen LogP contribution in [0.25, 0.3) is 0 Å². The molecule has 0 aliphatic rings. The first-order chi connectivity index (χ1) is 9.22. The largest absolute Gasteiger partial charge is 0.493 e. The number of benzene rings is 1. The third kappa shape index (κ3) is 3.48. The van der Waals surface area contributed by atoms with Crippen LogP contribution in [0.5, 0.6) is 17.6 Å². The average molecular weight is 262 g/mol. The molecule has 0 amide bonds. The lowest BCUT2D eigenvalue weighted by Crippen LogP contribution is -2.11. The van der Waals surface area contributed by atoms with E-state index >= 15 is 0 Å². The molecular formula is C14H18N2O3. The predicted molar refractivity (Wildman–Crippen MR) is 71.7 cm³/mol. The molecule has 1 aromatic heterocycles.